The van der Waals surface area contributed by atoms with Crippen LogP contribution >= 0.6 is 0 Å². The molecule has 0 heterocycles. The fraction of sp³-hybridized carbons (Fsp3) is 0. The molecule has 0 amide bonds. The van der Waals surface area contributed by atoms with Crippen LogP contribution in [0.1, 0.15) is 10.4 Å². The minimum Gasteiger partial charge on any atom is -0.545 e. The van der Waals surface area contributed by atoms with E-state index in [4.69, 9.17) is 0 Å². The minimum atomic E-state index is -2.78. The van der Waals surface area contributed by atoms with E-state index in [2.05, 4.69) is 5.32 Å². The molecule has 0 spiro atoms. The summed E-state index contributed by atoms with van der Waals surface area (Å²) >= 11 is -2.78. The van der Waals surface area contributed by atoms with Crippen molar-refractivity contribution in [3.63, 3.8) is 0 Å². The van der Waals surface area contributed by atoms with E-state index in [1.807, 2.05) is 0 Å². The van der Waals surface area contributed by atoms with Gasteiger partial charge in [0.05, 0.1) is 13.7 Å². The molecule has 0 fully saturated rings. The van der Waals surface area contributed by atoms with Gasteiger partial charge in [0.2, 0.25) is 4.90 Å². The van der Waals surface area contributed by atoms with Crippen molar-refractivity contribution in [1.82, 2.24) is 0 Å². The second kappa shape index (κ2) is 5.71. The summed E-state index contributed by atoms with van der Waals surface area (Å²) in [5.74, 6) is -1.30. The summed E-state index contributed by atoms with van der Waals surface area (Å²) in [4.78, 5) is 10.8. The summed E-state index contributed by atoms with van der Waals surface area (Å²) in [6.07, 6.45) is 0. The number of para-hydroxylation sites is 1. The number of carboxylic acid groups (broad SMARTS) is 1. The Kier molecular flexibility index (Phi) is 4.01. The number of hydrogen-bond donors (Lipinski definition) is 1. The van der Waals surface area contributed by atoms with Crippen molar-refractivity contribution in [2.45, 2.75) is 4.90 Å². The predicted octanol–water partition coefficient (Wildman–Crippen LogP) is 2.54. The smallest absolute Gasteiger partial charge is 0.463 e. The first kappa shape index (κ1) is 13.4. The second-order valence-corrected chi connectivity index (χ2v) is 4.59. The predicted molar refractivity (Wildman–Crippen MR) is 68.3 cm³/mol. The molecule has 0 aliphatic carbocycles. The van der Waals surface area contributed by atoms with Crippen LogP contribution in [0.25, 0.3) is 0 Å². The van der Waals surface area contributed by atoms with E-state index >= 15 is 0 Å². The normalized spacial score (nSPS) is 10.5. The fourth-order valence-corrected chi connectivity index (χ4v) is 1.91. The number of hydrogen-bond acceptors (Lipinski definition) is 3. The maximum Gasteiger partial charge on any atom is 0.463 e. The van der Waals surface area contributed by atoms with Gasteiger partial charge in [-0.15, -0.1) is 0 Å². The first-order valence-electron chi connectivity index (χ1n) is 5.32. The van der Waals surface area contributed by atoms with Crippen molar-refractivity contribution < 1.29 is 17.7 Å². The van der Waals surface area contributed by atoms with Gasteiger partial charge in [-0.3, -0.25) is 0 Å². The summed E-state index contributed by atoms with van der Waals surface area (Å²) in [6, 6.07) is 11.8. The van der Waals surface area contributed by atoms with E-state index in [9.17, 15) is 17.7 Å². The maximum atomic E-state index is 12.4. The van der Waals surface area contributed by atoms with Crippen molar-refractivity contribution in [3.05, 3.63) is 54.1 Å². The highest BCUT2D eigenvalue weighted by atomic mass is 32.3. The lowest BCUT2D eigenvalue weighted by Crippen LogP contribution is -2.23. The van der Waals surface area contributed by atoms with Crippen LogP contribution in [-0.2, 0) is 11.7 Å². The lowest BCUT2D eigenvalue weighted by atomic mass is 10.1. The highest BCUT2D eigenvalue weighted by Gasteiger charge is 2.22. The fourth-order valence-electron chi connectivity index (χ4n) is 1.57. The third kappa shape index (κ3) is 3.23. The average Bonchev–Trinajstić information content (AvgIpc) is 2.39. The molecule has 0 aliphatic rings. The van der Waals surface area contributed by atoms with Gasteiger partial charge in [-0.05, 0) is 18.2 Å². The van der Waals surface area contributed by atoms with E-state index in [1.165, 1.54) is 30.3 Å². The number of nitrogens with one attached hydrogen (secondary N) is 1. The van der Waals surface area contributed by atoms with Crippen molar-refractivity contribution in [1.29, 1.82) is 0 Å². The lowest BCUT2D eigenvalue weighted by molar-refractivity contribution is -0.254. The van der Waals surface area contributed by atoms with Crippen LogP contribution in [0.3, 0.4) is 0 Å². The average molecular weight is 281 g/mol. The van der Waals surface area contributed by atoms with Gasteiger partial charge in [0.1, 0.15) is 0 Å². The van der Waals surface area contributed by atoms with E-state index in [0.29, 0.717) is 11.4 Å². The van der Waals surface area contributed by atoms with Crippen LogP contribution < -0.4 is 10.4 Å². The Bertz CT molecular complexity index is 587. The summed E-state index contributed by atoms with van der Waals surface area (Å²) in [7, 11) is 0. The maximum absolute atomic E-state index is 12.4. The van der Waals surface area contributed by atoms with Crippen molar-refractivity contribution in [2.24, 2.45) is 0 Å². The zero-order valence-electron chi connectivity index (χ0n) is 9.60. The molecule has 0 saturated heterocycles. The Hall–Kier alpha value is -2.08. The largest absolute Gasteiger partial charge is 0.545 e. The Morgan fingerprint density at radius 3 is 2.26 bits per heavy atom. The Morgan fingerprint density at radius 2 is 1.68 bits per heavy atom. The first-order valence-corrected chi connectivity index (χ1v) is 6.35. The molecule has 6 heteroatoms. The molecule has 0 unspecified atom stereocenters. The molecule has 0 bridgehead atoms. The highest BCUT2D eigenvalue weighted by Crippen LogP contribution is 2.23. The standard InChI is InChI=1S/C13H9F2NO2S/c14-19(15)10-7-5-9(6-8-10)16-12-4-2-1-3-11(12)13(17)18/h1-8,16H. The first-order chi connectivity index (χ1) is 9.08. The van der Waals surface area contributed by atoms with Crippen LogP contribution in [0.5, 0.6) is 0 Å². The molecule has 0 aliphatic heterocycles. The molecule has 0 aromatic heterocycles. The molecular weight excluding hydrogens is 272 g/mol. The molecule has 0 saturated carbocycles. The van der Waals surface area contributed by atoms with Gasteiger partial charge >= 0.3 is 11.7 Å². The number of benzene rings is 2. The molecule has 2 aromatic carbocycles. The van der Waals surface area contributed by atoms with Gasteiger partial charge in [-0.25, -0.2) is 0 Å². The topological polar surface area (TPSA) is 52.2 Å². The van der Waals surface area contributed by atoms with Crippen LogP contribution in [-0.4, -0.2) is 5.97 Å². The number of halogens is 2. The number of carbonyl (C=O) groups is 1. The van der Waals surface area contributed by atoms with Crippen molar-refractivity contribution in [3.8, 4) is 0 Å². The van der Waals surface area contributed by atoms with Crippen LogP contribution in [0.4, 0.5) is 19.1 Å². The van der Waals surface area contributed by atoms with E-state index in [1.54, 1.807) is 18.2 Å². The Balaban J connectivity index is 2.24. The monoisotopic (exact) mass is 281 g/mol. The highest BCUT2D eigenvalue weighted by molar-refractivity contribution is 7.87. The number of carboxylic acids is 1. The number of carbonyl (C=O) groups excluding carboxylic acids is 1. The number of rotatable bonds is 4. The van der Waals surface area contributed by atoms with E-state index < -0.39 is 17.6 Å². The molecule has 2 aromatic rings. The molecule has 3 nitrogen and oxygen atoms in total. The summed E-state index contributed by atoms with van der Waals surface area (Å²) < 4.78 is 24.8. The van der Waals surface area contributed by atoms with Crippen molar-refractivity contribution >= 4 is 29.0 Å². The van der Waals surface area contributed by atoms with Gasteiger partial charge in [0.25, 0.3) is 0 Å². The van der Waals surface area contributed by atoms with Gasteiger partial charge < -0.3 is 15.2 Å². The number of aromatic carboxylic acids is 1. The summed E-state index contributed by atoms with van der Waals surface area (Å²) in [5.41, 5.74) is 0.903. The zero-order chi connectivity index (χ0) is 13.8. The SMILES string of the molecule is O=C([O-])c1ccccc1Nc1ccc([S+](F)F)cc1. The molecule has 98 valence electrons. The van der Waals surface area contributed by atoms with Crippen LogP contribution in [0, 0.1) is 0 Å². The van der Waals surface area contributed by atoms with E-state index in [0.717, 1.165) is 0 Å². The van der Waals surface area contributed by atoms with Crippen molar-refractivity contribution in [2.75, 3.05) is 5.32 Å². The quantitative estimate of drug-likeness (QED) is 0.876. The Labute approximate surface area is 111 Å². The molecule has 2 rings (SSSR count). The van der Waals surface area contributed by atoms with Gasteiger partial charge in [-0.1, -0.05) is 18.2 Å². The lowest BCUT2D eigenvalue weighted by Gasteiger charge is -2.12. The van der Waals surface area contributed by atoms with Crippen LogP contribution in [0.15, 0.2) is 53.4 Å². The third-order valence-electron chi connectivity index (χ3n) is 2.46. The molecule has 0 atom stereocenters. The second-order valence-electron chi connectivity index (χ2n) is 3.70. The zero-order valence-corrected chi connectivity index (χ0v) is 10.4. The molecule has 19 heavy (non-hydrogen) atoms. The van der Waals surface area contributed by atoms with Gasteiger partial charge in [-0.2, -0.15) is 0 Å². The summed E-state index contributed by atoms with van der Waals surface area (Å²) in [6.45, 7) is 0. The van der Waals surface area contributed by atoms with E-state index in [-0.39, 0.29) is 10.5 Å². The van der Waals surface area contributed by atoms with Crippen LogP contribution in [0.2, 0.25) is 0 Å². The molecule has 1 N–H and O–H groups in total. The third-order valence-corrected chi connectivity index (χ3v) is 3.09. The van der Waals surface area contributed by atoms with Gasteiger partial charge in [0.15, 0.2) is 0 Å². The number of anilines is 2. The molecular formula is C13H9F2NO2S. The minimum absolute atomic E-state index is 0.0160. The summed E-state index contributed by atoms with van der Waals surface area (Å²) in [5, 5.41) is 13.8. The van der Waals surface area contributed by atoms with Gasteiger partial charge in [0, 0.05) is 29.1 Å². The molecule has 0 radical (unpaired) electrons. The Morgan fingerprint density at radius 1 is 1.05 bits per heavy atom.